The molecule has 0 spiro atoms. The molecule has 11 heteroatoms. The van der Waals surface area contributed by atoms with Gasteiger partial charge in [0.2, 0.25) is 5.95 Å². The normalized spacial score (nSPS) is 11.7. The van der Waals surface area contributed by atoms with Crippen LogP contribution in [0.2, 0.25) is 0 Å². The minimum atomic E-state index is -4.47. The number of alkyl halides is 3. The van der Waals surface area contributed by atoms with E-state index in [0.717, 1.165) is 28.6 Å². The number of hydrogen-bond acceptors (Lipinski definition) is 5. The average molecular weight is 457 g/mol. The van der Waals surface area contributed by atoms with Gasteiger partial charge in [-0.05, 0) is 48.7 Å². The minimum Gasteiger partial charge on any atom is -0.343 e. The molecule has 0 radical (unpaired) electrons. The van der Waals surface area contributed by atoms with Gasteiger partial charge in [0.25, 0.3) is 5.91 Å². The summed E-state index contributed by atoms with van der Waals surface area (Å²) in [6.07, 6.45) is -1.89. The number of aryl methyl sites for hydroxylation is 3. The number of amides is 1. The van der Waals surface area contributed by atoms with Gasteiger partial charge in [0.15, 0.2) is 5.82 Å². The number of nitrogens with one attached hydrogen (secondary N) is 3. The van der Waals surface area contributed by atoms with Crippen LogP contribution in [0.4, 0.5) is 24.8 Å². The summed E-state index contributed by atoms with van der Waals surface area (Å²) < 4.78 is 38.7. The molecular weight excluding hydrogens is 435 g/mol. The Morgan fingerprint density at radius 1 is 1.21 bits per heavy atom. The highest BCUT2D eigenvalue weighted by Gasteiger charge is 2.28. The fourth-order valence-electron chi connectivity index (χ4n) is 3.64. The SMILES string of the molecule is CCc1c(Nc2nc(-c3ccc(C(=O)NCC(F)(F)F)c(C)c3)nn2C)ccc2[nH]ncc12. The molecule has 33 heavy (non-hydrogen) atoms. The van der Waals surface area contributed by atoms with Crippen LogP contribution in [0.1, 0.15) is 28.4 Å². The van der Waals surface area contributed by atoms with Gasteiger partial charge in [-0.15, -0.1) is 5.10 Å². The van der Waals surface area contributed by atoms with Crippen LogP contribution in [0.3, 0.4) is 0 Å². The maximum Gasteiger partial charge on any atom is 0.405 e. The third-order valence-electron chi connectivity index (χ3n) is 5.28. The summed E-state index contributed by atoms with van der Waals surface area (Å²) in [6, 6.07) is 8.65. The molecule has 0 saturated carbocycles. The van der Waals surface area contributed by atoms with Crippen molar-refractivity contribution < 1.29 is 18.0 Å². The van der Waals surface area contributed by atoms with Gasteiger partial charge in [-0.25, -0.2) is 4.68 Å². The van der Waals surface area contributed by atoms with E-state index in [2.05, 4.69) is 32.5 Å². The van der Waals surface area contributed by atoms with Crippen LogP contribution in [0.5, 0.6) is 0 Å². The van der Waals surface area contributed by atoms with E-state index in [4.69, 9.17) is 0 Å². The van der Waals surface area contributed by atoms with Crippen molar-refractivity contribution in [3.63, 3.8) is 0 Å². The van der Waals surface area contributed by atoms with Crippen LogP contribution in [0.15, 0.2) is 36.5 Å². The van der Waals surface area contributed by atoms with E-state index in [-0.39, 0.29) is 5.56 Å². The minimum absolute atomic E-state index is 0.165. The van der Waals surface area contributed by atoms with E-state index >= 15 is 0 Å². The molecule has 4 aromatic rings. The molecule has 4 rings (SSSR count). The number of H-pyrrole nitrogens is 1. The summed E-state index contributed by atoms with van der Waals surface area (Å²) in [5, 5.41) is 17.7. The Bertz CT molecular complexity index is 1320. The smallest absolute Gasteiger partial charge is 0.343 e. The van der Waals surface area contributed by atoms with Crippen molar-refractivity contribution in [3.05, 3.63) is 53.2 Å². The first kappa shape index (κ1) is 22.3. The van der Waals surface area contributed by atoms with Crippen molar-refractivity contribution in [1.82, 2.24) is 30.3 Å². The number of fused-ring (bicyclic) bond motifs is 1. The highest BCUT2D eigenvalue weighted by Crippen LogP contribution is 2.29. The lowest BCUT2D eigenvalue weighted by Gasteiger charge is -2.11. The molecule has 8 nitrogen and oxygen atoms in total. The quantitative estimate of drug-likeness (QED) is 0.402. The largest absolute Gasteiger partial charge is 0.405 e. The maximum absolute atomic E-state index is 12.4. The fourth-order valence-corrected chi connectivity index (χ4v) is 3.64. The molecule has 0 aliphatic heterocycles. The van der Waals surface area contributed by atoms with Gasteiger partial charge in [-0.1, -0.05) is 13.0 Å². The standard InChI is InChI=1S/C22H22F3N7O/c1-4-14-16-10-27-30-18(16)8-7-17(14)28-21-29-19(31-32(21)3)13-5-6-15(12(2)9-13)20(33)26-11-22(23,24)25/h5-10H,4,11H2,1-3H3,(H,26,33)(H,27,30)(H,28,29,31). The number of rotatable bonds is 6. The molecule has 0 saturated heterocycles. The summed E-state index contributed by atoms with van der Waals surface area (Å²) in [5.41, 5.74) is 4.26. The molecule has 0 atom stereocenters. The second kappa shape index (κ2) is 8.57. The predicted octanol–water partition coefficient (Wildman–Crippen LogP) is 4.26. The van der Waals surface area contributed by atoms with Crippen LogP contribution in [-0.4, -0.2) is 43.6 Å². The number of aromatic amines is 1. The predicted molar refractivity (Wildman–Crippen MR) is 118 cm³/mol. The monoisotopic (exact) mass is 457 g/mol. The van der Waals surface area contributed by atoms with Crippen LogP contribution in [0.25, 0.3) is 22.3 Å². The van der Waals surface area contributed by atoms with Gasteiger partial charge < -0.3 is 10.6 Å². The Morgan fingerprint density at radius 3 is 2.70 bits per heavy atom. The topological polar surface area (TPSA) is 101 Å². The van der Waals surface area contributed by atoms with Gasteiger partial charge in [0.1, 0.15) is 6.54 Å². The molecule has 0 aliphatic carbocycles. The highest BCUT2D eigenvalue weighted by molar-refractivity contribution is 5.96. The van der Waals surface area contributed by atoms with Crippen LogP contribution >= 0.6 is 0 Å². The molecule has 0 bridgehead atoms. The van der Waals surface area contributed by atoms with Crippen LogP contribution in [0, 0.1) is 6.92 Å². The van der Waals surface area contributed by atoms with E-state index in [1.807, 2.05) is 17.4 Å². The molecule has 0 aliphatic rings. The lowest BCUT2D eigenvalue weighted by atomic mass is 10.0. The molecule has 172 valence electrons. The van der Waals surface area contributed by atoms with Gasteiger partial charge in [0.05, 0.1) is 11.7 Å². The lowest BCUT2D eigenvalue weighted by molar-refractivity contribution is -0.123. The van der Waals surface area contributed by atoms with Crippen molar-refractivity contribution in [2.24, 2.45) is 7.05 Å². The number of benzene rings is 2. The Kier molecular flexibility index (Phi) is 5.79. The number of nitrogens with zero attached hydrogens (tertiary/aromatic N) is 4. The van der Waals surface area contributed by atoms with E-state index in [0.29, 0.717) is 22.9 Å². The van der Waals surface area contributed by atoms with Crippen molar-refractivity contribution >= 4 is 28.4 Å². The number of carbonyl (C=O) groups excluding carboxylic acids is 1. The van der Waals surface area contributed by atoms with Crippen LogP contribution in [-0.2, 0) is 13.5 Å². The fraction of sp³-hybridized carbons (Fsp3) is 0.273. The van der Waals surface area contributed by atoms with Gasteiger partial charge in [0, 0.05) is 29.2 Å². The van der Waals surface area contributed by atoms with Crippen molar-refractivity contribution in [1.29, 1.82) is 0 Å². The molecule has 2 aromatic carbocycles. The first-order chi connectivity index (χ1) is 15.7. The number of aromatic nitrogens is 5. The third kappa shape index (κ3) is 4.66. The summed E-state index contributed by atoms with van der Waals surface area (Å²) in [5.74, 6) is 0.162. The molecule has 2 aromatic heterocycles. The van der Waals surface area contributed by atoms with E-state index in [1.54, 1.807) is 37.0 Å². The summed E-state index contributed by atoms with van der Waals surface area (Å²) >= 11 is 0. The number of anilines is 2. The van der Waals surface area contributed by atoms with E-state index in [1.165, 1.54) is 6.07 Å². The third-order valence-corrected chi connectivity index (χ3v) is 5.28. The van der Waals surface area contributed by atoms with Gasteiger partial charge in [-0.2, -0.15) is 23.3 Å². The van der Waals surface area contributed by atoms with E-state index in [9.17, 15) is 18.0 Å². The van der Waals surface area contributed by atoms with Crippen molar-refractivity contribution in [2.45, 2.75) is 26.4 Å². The van der Waals surface area contributed by atoms with E-state index < -0.39 is 18.6 Å². The molecule has 0 fully saturated rings. The zero-order valence-corrected chi connectivity index (χ0v) is 18.2. The van der Waals surface area contributed by atoms with Crippen LogP contribution < -0.4 is 10.6 Å². The number of carbonyl (C=O) groups is 1. The van der Waals surface area contributed by atoms with Gasteiger partial charge >= 0.3 is 6.18 Å². The highest BCUT2D eigenvalue weighted by atomic mass is 19.4. The Labute approximate surface area is 187 Å². The lowest BCUT2D eigenvalue weighted by Crippen LogP contribution is -2.34. The first-order valence-electron chi connectivity index (χ1n) is 10.2. The van der Waals surface area contributed by atoms with Crippen molar-refractivity contribution in [2.75, 3.05) is 11.9 Å². The number of halogens is 3. The summed E-state index contributed by atoms with van der Waals surface area (Å²) in [6.45, 7) is 2.33. The molecule has 1 amide bonds. The Morgan fingerprint density at radius 2 is 2.00 bits per heavy atom. The second-order valence-electron chi connectivity index (χ2n) is 7.61. The Hall–Kier alpha value is -3.89. The Balaban J connectivity index is 1.57. The zero-order valence-electron chi connectivity index (χ0n) is 18.2. The average Bonchev–Trinajstić information content (AvgIpc) is 3.38. The first-order valence-corrected chi connectivity index (χ1v) is 10.2. The summed E-state index contributed by atoms with van der Waals surface area (Å²) in [7, 11) is 1.76. The zero-order chi connectivity index (χ0) is 23.8. The molecular formula is C22H22F3N7O. The molecule has 3 N–H and O–H groups in total. The molecule has 0 unspecified atom stereocenters. The van der Waals surface area contributed by atoms with Crippen molar-refractivity contribution in [3.8, 4) is 11.4 Å². The summed E-state index contributed by atoms with van der Waals surface area (Å²) in [4.78, 5) is 16.7. The second-order valence-corrected chi connectivity index (χ2v) is 7.61. The van der Waals surface area contributed by atoms with Gasteiger partial charge in [-0.3, -0.25) is 9.89 Å². The molecule has 2 heterocycles. The number of hydrogen-bond donors (Lipinski definition) is 3. The maximum atomic E-state index is 12.4.